The maximum Gasteiger partial charge on any atom is 0.138 e. The van der Waals surface area contributed by atoms with Crippen LogP contribution < -0.4 is 11.1 Å². The first-order valence-corrected chi connectivity index (χ1v) is 7.25. The lowest BCUT2D eigenvalue weighted by Gasteiger charge is -2.17. The van der Waals surface area contributed by atoms with E-state index >= 15 is 0 Å². The monoisotopic (exact) mass is 366 g/mol. The molecule has 0 radical (unpaired) electrons. The minimum Gasteiger partial charge on any atom is -0.397 e. The Labute approximate surface area is 121 Å². The summed E-state index contributed by atoms with van der Waals surface area (Å²) in [6, 6.07) is 3.05. The normalized spacial score (nSPS) is 12.4. The van der Waals surface area contributed by atoms with Gasteiger partial charge in [-0.1, -0.05) is 13.3 Å². The maximum absolute atomic E-state index is 13.4. The fourth-order valence-electron chi connectivity index (χ4n) is 1.91. The molecule has 18 heavy (non-hydrogen) atoms. The van der Waals surface area contributed by atoms with Gasteiger partial charge in [-0.05, 0) is 47.4 Å². The van der Waals surface area contributed by atoms with E-state index in [0.29, 0.717) is 27.4 Å². The molecule has 3 nitrogen and oxygen atoms in total. The van der Waals surface area contributed by atoms with Crippen LogP contribution in [-0.4, -0.2) is 18.3 Å². The van der Waals surface area contributed by atoms with Crippen molar-refractivity contribution in [3.05, 3.63) is 21.5 Å². The lowest BCUT2D eigenvalue weighted by atomic mass is 10.00. The molecule has 1 unspecified atom stereocenters. The summed E-state index contributed by atoms with van der Waals surface area (Å²) in [5.74, 6) is 0.128. The SMILES string of the molecule is CCCC(CCO)CNc1cc(F)c(I)cc1N. The maximum atomic E-state index is 13.4. The summed E-state index contributed by atoms with van der Waals surface area (Å²) >= 11 is 1.92. The predicted molar refractivity (Wildman–Crippen MR) is 82.1 cm³/mol. The summed E-state index contributed by atoms with van der Waals surface area (Å²) in [7, 11) is 0. The van der Waals surface area contributed by atoms with E-state index in [1.165, 1.54) is 6.07 Å². The summed E-state index contributed by atoms with van der Waals surface area (Å²) in [4.78, 5) is 0. The third-order valence-electron chi connectivity index (χ3n) is 2.91. The molecule has 0 aliphatic rings. The van der Waals surface area contributed by atoms with Crippen LogP contribution in [0.25, 0.3) is 0 Å². The molecule has 0 fully saturated rings. The number of aliphatic hydroxyl groups excluding tert-OH is 1. The van der Waals surface area contributed by atoms with Crippen LogP contribution in [0.15, 0.2) is 12.1 Å². The number of aliphatic hydroxyl groups is 1. The van der Waals surface area contributed by atoms with Crippen molar-refractivity contribution in [3.8, 4) is 0 Å². The summed E-state index contributed by atoms with van der Waals surface area (Å²) in [6.07, 6.45) is 2.87. The minimum absolute atomic E-state index is 0.183. The van der Waals surface area contributed by atoms with Gasteiger partial charge in [0.05, 0.1) is 14.9 Å². The highest BCUT2D eigenvalue weighted by atomic mass is 127. The van der Waals surface area contributed by atoms with Gasteiger partial charge in [-0.25, -0.2) is 4.39 Å². The van der Waals surface area contributed by atoms with Gasteiger partial charge in [0.2, 0.25) is 0 Å². The van der Waals surface area contributed by atoms with Gasteiger partial charge in [0, 0.05) is 19.2 Å². The largest absolute Gasteiger partial charge is 0.397 e. The molecular weight excluding hydrogens is 346 g/mol. The fraction of sp³-hybridized carbons (Fsp3) is 0.538. The van der Waals surface area contributed by atoms with Gasteiger partial charge in [0.25, 0.3) is 0 Å². The molecular formula is C13H20FIN2O. The van der Waals surface area contributed by atoms with Crippen LogP contribution in [0, 0.1) is 15.3 Å². The average molecular weight is 366 g/mol. The number of anilines is 2. The number of hydrogen-bond acceptors (Lipinski definition) is 3. The predicted octanol–water partition coefficient (Wildman–Crippen LogP) is 3.22. The summed E-state index contributed by atoms with van der Waals surface area (Å²) in [5, 5.41) is 12.2. The molecule has 0 amide bonds. The second-order valence-corrected chi connectivity index (χ2v) is 5.56. The Hall–Kier alpha value is -0.560. The zero-order chi connectivity index (χ0) is 13.5. The van der Waals surface area contributed by atoms with Crippen LogP contribution in [0.5, 0.6) is 0 Å². The molecule has 1 aromatic rings. The Bertz CT molecular complexity index is 381. The number of hydrogen-bond donors (Lipinski definition) is 3. The van der Waals surface area contributed by atoms with Gasteiger partial charge in [0.1, 0.15) is 5.82 Å². The van der Waals surface area contributed by atoms with Crippen LogP contribution in [0.4, 0.5) is 15.8 Å². The molecule has 5 heteroatoms. The van der Waals surface area contributed by atoms with E-state index < -0.39 is 0 Å². The van der Waals surface area contributed by atoms with Crippen molar-refractivity contribution in [2.24, 2.45) is 5.92 Å². The molecule has 1 rings (SSSR count). The smallest absolute Gasteiger partial charge is 0.138 e. The zero-order valence-electron chi connectivity index (χ0n) is 10.5. The molecule has 0 aliphatic carbocycles. The Kier molecular flexibility index (Phi) is 6.70. The first kappa shape index (κ1) is 15.5. The first-order chi connectivity index (χ1) is 8.58. The Morgan fingerprint density at radius 2 is 2.17 bits per heavy atom. The van der Waals surface area contributed by atoms with Crippen molar-refractivity contribution in [2.75, 3.05) is 24.2 Å². The van der Waals surface area contributed by atoms with Gasteiger partial charge in [-0.2, -0.15) is 0 Å². The third kappa shape index (κ3) is 4.61. The van der Waals surface area contributed by atoms with Crippen molar-refractivity contribution in [2.45, 2.75) is 26.2 Å². The Balaban J connectivity index is 2.64. The fourth-order valence-corrected chi connectivity index (χ4v) is 2.40. The molecule has 1 atom stereocenters. The Morgan fingerprint density at radius 3 is 2.78 bits per heavy atom. The van der Waals surface area contributed by atoms with E-state index in [1.807, 2.05) is 22.6 Å². The zero-order valence-corrected chi connectivity index (χ0v) is 12.7. The lowest BCUT2D eigenvalue weighted by molar-refractivity contribution is 0.255. The summed E-state index contributed by atoms with van der Waals surface area (Å²) in [5.41, 5.74) is 7.03. The molecule has 0 spiro atoms. The van der Waals surface area contributed by atoms with Crippen LogP contribution >= 0.6 is 22.6 Å². The highest BCUT2D eigenvalue weighted by molar-refractivity contribution is 14.1. The van der Waals surface area contributed by atoms with Crippen LogP contribution in [0.3, 0.4) is 0 Å². The molecule has 0 aromatic heterocycles. The summed E-state index contributed by atoms with van der Waals surface area (Å²) in [6.45, 7) is 3.00. The van der Waals surface area contributed by atoms with E-state index in [-0.39, 0.29) is 12.4 Å². The standard InChI is InChI=1S/C13H20FIN2O/c1-2-3-9(4-5-18)8-17-13-6-10(14)11(15)7-12(13)16/h6-7,9,17-18H,2-5,8,16H2,1H3. The van der Waals surface area contributed by atoms with Gasteiger partial charge < -0.3 is 16.2 Å². The van der Waals surface area contributed by atoms with Gasteiger partial charge in [-0.3, -0.25) is 0 Å². The molecule has 102 valence electrons. The van der Waals surface area contributed by atoms with Crippen molar-refractivity contribution >= 4 is 34.0 Å². The molecule has 0 aliphatic heterocycles. The van der Waals surface area contributed by atoms with Gasteiger partial charge in [-0.15, -0.1) is 0 Å². The van der Waals surface area contributed by atoms with Crippen molar-refractivity contribution in [1.29, 1.82) is 0 Å². The van der Waals surface area contributed by atoms with E-state index in [9.17, 15) is 4.39 Å². The van der Waals surface area contributed by atoms with Crippen LogP contribution in [0.1, 0.15) is 26.2 Å². The molecule has 0 saturated carbocycles. The van der Waals surface area contributed by atoms with Crippen molar-refractivity contribution in [1.82, 2.24) is 0 Å². The second kappa shape index (κ2) is 7.78. The van der Waals surface area contributed by atoms with Gasteiger partial charge in [0.15, 0.2) is 0 Å². The second-order valence-electron chi connectivity index (χ2n) is 4.40. The minimum atomic E-state index is -0.263. The molecule has 0 heterocycles. The number of nitrogens with two attached hydrogens (primary N) is 1. The number of nitrogen functional groups attached to an aromatic ring is 1. The third-order valence-corrected chi connectivity index (χ3v) is 3.73. The number of benzene rings is 1. The molecule has 0 saturated heterocycles. The number of rotatable bonds is 7. The van der Waals surface area contributed by atoms with E-state index in [4.69, 9.17) is 10.8 Å². The van der Waals surface area contributed by atoms with Crippen LogP contribution in [0.2, 0.25) is 0 Å². The summed E-state index contributed by atoms with van der Waals surface area (Å²) < 4.78 is 14.0. The lowest BCUT2D eigenvalue weighted by Crippen LogP contribution is -2.16. The highest BCUT2D eigenvalue weighted by Crippen LogP contribution is 2.24. The van der Waals surface area contributed by atoms with Crippen molar-refractivity contribution < 1.29 is 9.50 Å². The Morgan fingerprint density at radius 1 is 1.44 bits per heavy atom. The van der Waals surface area contributed by atoms with E-state index in [1.54, 1.807) is 6.07 Å². The number of halogens is 2. The average Bonchev–Trinajstić information content (AvgIpc) is 2.32. The number of nitrogens with one attached hydrogen (secondary N) is 1. The van der Waals surface area contributed by atoms with E-state index in [2.05, 4.69) is 12.2 Å². The van der Waals surface area contributed by atoms with Crippen molar-refractivity contribution in [3.63, 3.8) is 0 Å². The van der Waals surface area contributed by atoms with Gasteiger partial charge >= 0.3 is 0 Å². The molecule has 0 bridgehead atoms. The highest BCUT2D eigenvalue weighted by Gasteiger charge is 2.10. The quantitative estimate of drug-likeness (QED) is 0.513. The first-order valence-electron chi connectivity index (χ1n) is 6.17. The molecule has 1 aromatic carbocycles. The molecule has 4 N–H and O–H groups in total. The van der Waals surface area contributed by atoms with Crippen LogP contribution in [-0.2, 0) is 0 Å². The topological polar surface area (TPSA) is 58.3 Å². The van der Waals surface area contributed by atoms with E-state index in [0.717, 1.165) is 19.3 Å².